The average Bonchev–Trinajstić information content (AvgIpc) is 3.30. The fourth-order valence-electron chi connectivity index (χ4n) is 5.48. The van der Waals surface area contributed by atoms with Gasteiger partial charge in [0.15, 0.2) is 5.76 Å². The predicted molar refractivity (Wildman–Crippen MR) is 140 cm³/mol. The van der Waals surface area contributed by atoms with E-state index in [4.69, 9.17) is 9.47 Å². The lowest BCUT2D eigenvalue weighted by molar-refractivity contribution is -0.166. The van der Waals surface area contributed by atoms with Gasteiger partial charge in [-0.3, -0.25) is 4.79 Å². The van der Waals surface area contributed by atoms with Crippen molar-refractivity contribution in [3.8, 4) is 11.1 Å². The SMILES string of the molecule is CCO[C@@H]1OC(C(=O)NCc2ccccc2)=C[C@H](c2cccc3c2Cc2ccccc2-3)[C@@H]1CCCO. The smallest absolute Gasteiger partial charge is 0.286 e. The number of rotatable bonds is 9. The molecule has 186 valence electrons. The summed E-state index contributed by atoms with van der Waals surface area (Å²) in [7, 11) is 0. The molecule has 1 aliphatic carbocycles. The third-order valence-corrected chi connectivity index (χ3v) is 7.18. The standard InChI is InChI=1S/C31H33NO4/c1-2-35-31-26(16-9-17-33)28(19-29(36-31)30(34)32-20-21-10-4-3-5-11-21)25-15-8-14-24-23-13-7-6-12-22(23)18-27(24)25/h3-8,10-15,19,26,28,31,33H,2,9,16-18,20H2,1H3,(H,32,34)/t26-,28+,31+/m0/s1. The molecule has 0 radical (unpaired) electrons. The molecule has 0 saturated carbocycles. The van der Waals surface area contributed by atoms with Crippen molar-refractivity contribution < 1.29 is 19.4 Å². The van der Waals surface area contributed by atoms with Crippen LogP contribution < -0.4 is 5.32 Å². The van der Waals surface area contributed by atoms with Gasteiger partial charge in [-0.05, 0) is 65.6 Å². The Hall–Kier alpha value is -3.41. The molecule has 0 saturated heterocycles. The largest absolute Gasteiger partial charge is 0.459 e. The van der Waals surface area contributed by atoms with Crippen molar-refractivity contribution in [1.29, 1.82) is 0 Å². The van der Waals surface area contributed by atoms with Crippen molar-refractivity contribution in [3.63, 3.8) is 0 Å². The maximum atomic E-state index is 13.2. The highest BCUT2D eigenvalue weighted by Gasteiger charge is 2.39. The van der Waals surface area contributed by atoms with E-state index in [2.05, 4.69) is 47.8 Å². The van der Waals surface area contributed by atoms with Gasteiger partial charge in [0.05, 0.1) is 0 Å². The van der Waals surface area contributed by atoms with Crippen LogP contribution in [0.25, 0.3) is 11.1 Å². The van der Waals surface area contributed by atoms with Crippen molar-refractivity contribution in [3.05, 3.63) is 107 Å². The molecule has 1 amide bonds. The van der Waals surface area contributed by atoms with Crippen molar-refractivity contribution in [1.82, 2.24) is 5.32 Å². The Morgan fingerprint density at radius 3 is 2.61 bits per heavy atom. The number of hydrogen-bond acceptors (Lipinski definition) is 4. The van der Waals surface area contributed by atoms with E-state index in [1.165, 1.54) is 27.8 Å². The highest BCUT2D eigenvalue weighted by molar-refractivity contribution is 5.91. The molecule has 2 N–H and O–H groups in total. The first-order valence-corrected chi connectivity index (χ1v) is 12.8. The van der Waals surface area contributed by atoms with Gasteiger partial charge in [-0.15, -0.1) is 0 Å². The van der Waals surface area contributed by atoms with Crippen LogP contribution in [0, 0.1) is 5.92 Å². The molecule has 0 aromatic heterocycles. The Labute approximate surface area is 212 Å². The molecule has 3 aromatic carbocycles. The summed E-state index contributed by atoms with van der Waals surface area (Å²) in [6.45, 7) is 2.94. The fraction of sp³-hybridized carbons (Fsp3) is 0.323. The van der Waals surface area contributed by atoms with Crippen molar-refractivity contribution in [2.45, 2.75) is 44.9 Å². The number of amides is 1. The number of carbonyl (C=O) groups excluding carboxylic acids is 1. The third kappa shape index (κ3) is 4.95. The van der Waals surface area contributed by atoms with Gasteiger partial charge < -0.3 is 19.9 Å². The molecule has 0 fully saturated rings. The number of hydrogen-bond donors (Lipinski definition) is 2. The third-order valence-electron chi connectivity index (χ3n) is 7.18. The second kappa shape index (κ2) is 11.1. The number of nitrogens with one attached hydrogen (secondary N) is 1. The van der Waals surface area contributed by atoms with Crippen LogP contribution in [0.15, 0.2) is 84.6 Å². The van der Waals surface area contributed by atoms with E-state index in [1.807, 2.05) is 43.3 Å². The summed E-state index contributed by atoms with van der Waals surface area (Å²) in [4.78, 5) is 13.2. The quantitative estimate of drug-likeness (QED) is 0.338. The van der Waals surface area contributed by atoms with Crippen LogP contribution in [0.4, 0.5) is 0 Å². The second-order valence-corrected chi connectivity index (χ2v) is 9.40. The molecule has 0 bridgehead atoms. The number of allylic oxidation sites excluding steroid dienone is 1. The molecule has 0 unspecified atom stereocenters. The summed E-state index contributed by atoms with van der Waals surface area (Å²) < 4.78 is 12.2. The lowest BCUT2D eigenvalue weighted by Crippen LogP contribution is -2.39. The van der Waals surface area contributed by atoms with Gasteiger partial charge in [0.1, 0.15) is 0 Å². The Balaban J connectivity index is 1.50. The first-order valence-electron chi connectivity index (χ1n) is 12.8. The summed E-state index contributed by atoms with van der Waals surface area (Å²) in [6.07, 6.45) is 3.66. The molecule has 1 aliphatic heterocycles. The average molecular weight is 484 g/mol. The van der Waals surface area contributed by atoms with Crippen LogP contribution in [-0.2, 0) is 27.2 Å². The summed E-state index contributed by atoms with van der Waals surface area (Å²) in [5, 5.41) is 12.6. The highest BCUT2D eigenvalue weighted by atomic mass is 16.7. The lowest BCUT2D eigenvalue weighted by Gasteiger charge is -2.37. The molecule has 5 rings (SSSR count). The van der Waals surface area contributed by atoms with Crippen LogP contribution in [0.2, 0.25) is 0 Å². The Morgan fingerprint density at radius 1 is 1.03 bits per heavy atom. The number of benzene rings is 3. The number of carbonyl (C=O) groups is 1. The first kappa shape index (κ1) is 24.3. The minimum Gasteiger partial charge on any atom is -0.459 e. The summed E-state index contributed by atoms with van der Waals surface area (Å²) in [5.74, 6) is -0.0330. The van der Waals surface area contributed by atoms with Crippen molar-refractivity contribution in [2.24, 2.45) is 5.92 Å². The number of fused-ring (bicyclic) bond motifs is 3. The van der Waals surface area contributed by atoms with E-state index < -0.39 is 6.29 Å². The Kier molecular flexibility index (Phi) is 7.49. The Bertz CT molecular complexity index is 1240. The van der Waals surface area contributed by atoms with Crippen LogP contribution in [0.5, 0.6) is 0 Å². The minimum absolute atomic E-state index is 0.0158. The molecule has 3 aromatic rings. The van der Waals surface area contributed by atoms with Gasteiger partial charge in [-0.25, -0.2) is 0 Å². The van der Waals surface area contributed by atoms with Gasteiger partial charge in [-0.2, -0.15) is 0 Å². The summed E-state index contributed by atoms with van der Waals surface area (Å²) in [5.41, 5.74) is 7.39. The zero-order valence-corrected chi connectivity index (χ0v) is 20.7. The molecular weight excluding hydrogens is 450 g/mol. The monoisotopic (exact) mass is 483 g/mol. The van der Waals surface area contributed by atoms with E-state index >= 15 is 0 Å². The molecule has 2 aliphatic rings. The zero-order valence-electron chi connectivity index (χ0n) is 20.7. The van der Waals surface area contributed by atoms with Gasteiger partial charge in [-0.1, -0.05) is 72.8 Å². The van der Waals surface area contributed by atoms with E-state index in [-0.39, 0.29) is 24.3 Å². The van der Waals surface area contributed by atoms with E-state index in [1.54, 1.807) is 0 Å². The number of ether oxygens (including phenoxy) is 2. The van der Waals surface area contributed by atoms with Gasteiger partial charge in [0.25, 0.3) is 5.91 Å². The number of aliphatic hydroxyl groups is 1. The first-order chi connectivity index (χ1) is 17.7. The van der Waals surface area contributed by atoms with E-state index in [0.29, 0.717) is 25.3 Å². The summed E-state index contributed by atoms with van der Waals surface area (Å²) >= 11 is 0. The van der Waals surface area contributed by atoms with Crippen LogP contribution in [-0.4, -0.2) is 30.5 Å². The summed E-state index contributed by atoms with van der Waals surface area (Å²) in [6, 6.07) is 24.8. The molecule has 3 atom stereocenters. The van der Waals surface area contributed by atoms with E-state index in [0.717, 1.165) is 18.4 Å². The normalized spacial score (nSPS) is 20.2. The van der Waals surface area contributed by atoms with Gasteiger partial charge in [0.2, 0.25) is 6.29 Å². The fourth-order valence-corrected chi connectivity index (χ4v) is 5.48. The van der Waals surface area contributed by atoms with Gasteiger partial charge >= 0.3 is 0 Å². The Morgan fingerprint density at radius 2 is 1.81 bits per heavy atom. The van der Waals surface area contributed by atoms with Crippen molar-refractivity contribution in [2.75, 3.05) is 13.2 Å². The van der Waals surface area contributed by atoms with Crippen LogP contribution >= 0.6 is 0 Å². The second-order valence-electron chi connectivity index (χ2n) is 9.40. The van der Waals surface area contributed by atoms with Crippen LogP contribution in [0.1, 0.15) is 47.9 Å². The number of aliphatic hydroxyl groups excluding tert-OH is 1. The molecule has 5 heteroatoms. The highest BCUT2D eigenvalue weighted by Crippen LogP contribution is 2.45. The maximum absolute atomic E-state index is 13.2. The topological polar surface area (TPSA) is 67.8 Å². The zero-order chi connectivity index (χ0) is 24.9. The van der Waals surface area contributed by atoms with Crippen LogP contribution in [0.3, 0.4) is 0 Å². The minimum atomic E-state index is -0.561. The maximum Gasteiger partial charge on any atom is 0.286 e. The molecule has 36 heavy (non-hydrogen) atoms. The molecule has 1 heterocycles. The predicted octanol–water partition coefficient (Wildman–Crippen LogP) is 5.32. The van der Waals surface area contributed by atoms with Crippen molar-refractivity contribution >= 4 is 5.91 Å². The lowest BCUT2D eigenvalue weighted by atomic mass is 9.78. The molecular formula is C31H33NO4. The molecule has 0 spiro atoms. The van der Waals surface area contributed by atoms with E-state index in [9.17, 15) is 9.90 Å². The van der Waals surface area contributed by atoms with Gasteiger partial charge in [0, 0.05) is 31.6 Å². The molecule has 5 nitrogen and oxygen atoms in total.